The van der Waals surface area contributed by atoms with Crippen molar-refractivity contribution in [1.82, 2.24) is 20.1 Å². The highest BCUT2D eigenvalue weighted by molar-refractivity contribution is 8.00. The minimum Gasteiger partial charge on any atom is -0.462 e. The van der Waals surface area contributed by atoms with Gasteiger partial charge in [0.2, 0.25) is 5.91 Å². The van der Waals surface area contributed by atoms with Crippen LogP contribution in [-0.2, 0) is 35.5 Å². The summed E-state index contributed by atoms with van der Waals surface area (Å²) in [4.78, 5) is 50.6. The van der Waals surface area contributed by atoms with Gasteiger partial charge >= 0.3 is 5.97 Å². The number of hydrogen-bond donors (Lipinski definition) is 2. The number of carbonyl (C=O) groups excluding carboxylic acids is 3. The van der Waals surface area contributed by atoms with Gasteiger partial charge in [0.25, 0.3) is 11.6 Å². The van der Waals surface area contributed by atoms with Gasteiger partial charge < -0.3 is 19.9 Å². The van der Waals surface area contributed by atoms with E-state index in [0.717, 1.165) is 42.5 Å². The van der Waals surface area contributed by atoms with Crippen LogP contribution in [0.1, 0.15) is 82.6 Å². The molecule has 1 aliphatic rings. The first-order chi connectivity index (χ1) is 20.1. The molecule has 2 N–H and O–H groups in total. The highest BCUT2D eigenvalue weighted by Gasteiger charge is 2.30. The number of rotatable bonds is 13. The van der Waals surface area contributed by atoms with Crippen LogP contribution in [0.25, 0.3) is 0 Å². The SMILES string of the molecule is CCCCn1c(CNC(=O)c2ccc(C)c([N+](=O)[O-])c2)nnc1S[C@H](C)C(=O)Nc1sc2c(c1C(=O)OCC)CCC2. The standard InChI is InChI=1S/C28H34N6O6S2/c1-5-7-13-33-22(15-29-25(36)18-12-11-16(3)20(14-18)34(38)39)31-32-28(33)41-17(4)24(35)30-26-23(27(37)40-6-2)19-9-8-10-21(19)42-26/h11-12,14,17H,5-10,13,15H2,1-4H3,(H,29,36)(H,30,35)/t17-/m1/s1. The number of carbonyl (C=O) groups is 3. The number of aromatic nitrogens is 3. The van der Waals surface area contributed by atoms with Crippen molar-refractivity contribution >= 4 is 51.6 Å². The first kappa shape index (κ1) is 31.2. The van der Waals surface area contributed by atoms with E-state index >= 15 is 0 Å². The number of nitro benzene ring substituents is 1. The molecule has 0 unspecified atom stereocenters. The zero-order valence-electron chi connectivity index (χ0n) is 24.0. The first-order valence-electron chi connectivity index (χ1n) is 13.9. The van der Waals surface area contributed by atoms with Crippen molar-refractivity contribution in [2.45, 2.75) is 83.3 Å². The highest BCUT2D eigenvalue weighted by atomic mass is 32.2. The molecule has 0 bridgehead atoms. The number of benzene rings is 1. The quantitative estimate of drug-likeness (QED) is 0.116. The predicted octanol–water partition coefficient (Wildman–Crippen LogP) is 5.07. The van der Waals surface area contributed by atoms with Crippen LogP contribution in [0.3, 0.4) is 0 Å². The van der Waals surface area contributed by atoms with Crippen molar-refractivity contribution in [2.75, 3.05) is 11.9 Å². The van der Waals surface area contributed by atoms with Crippen LogP contribution in [0.15, 0.2) is 23.4 Å². The molecule has 2 aromatic heterocycles. The van der Waals surface area contributed by atoms with Crippen molar-refractivity contribution in [2.24, 2.45) is 0 Å². The summed E-state index contributed by atoms with van der Waals surface area (Å²) in [5, 5.41) is 26.0. The van der Waals surface area contributed by atoms with E-state index in [0.29, 0.717) is 33.7 Å². The van der Waals surface area contributed by atoms with E-state index in [2.05, 4.69) is 27.8 Å². The Morgan fingerprint density at radius 2 is 2.02 bits per heavy atom. The molecule has 2 heterocycles. The maximum absolute atomic E-state index is 13.2. The fourth-order valence-corrected chi connectivity index (χ4v) is 6.80. The lowest BCUT2D eigenvalue weighted by Gasteiger charge is -2.14. The molecule has 2 amide bonds. The fourth-order valence-electron chi connectivity index (χ4n) is 4.62. The van der Waals surface area contributed by atoms with Crippen LogP contribution in [0.4, 0.5) is 10.7 Å². The maximum Gasteiger partial charge on any atom is 0.341 e. The molecule has 224 valence electrons. The minimum atomic E-state index is -0.558. The Morgan fingerprint density at radius 1 is 1.24 bits per heavy atom. The summed E-state index contributed by atoms with van der Waals surface area (Å²) in [5.41, 5.74) is 1.95. The van der Waals surface area contributed by atoms with Crippen molar-refractivity contribution < 1.29 is 24.0 Å². The average molecular weight is 615 g/mol. The number of aryl methyl sites for hydroxylation is 2. The van der Waals surface area contributed by atoms with Crippen molar-refractivity contribution in [3.05, 3.63) is 61.3 Å². The van der Waals surface area contributed by atoms with Crippen molar-refractivity contribution in [3.63, 3.8) is 0 Å². The molecular weight excluding hydrogens is 580 g/mol. The summed E-state index contributed by atoms with van der Waals surface area (Å²) < 4.78 is 7.14. The number of amides is 2. The molecule has 1 atom stereocenters. The molecule has 3 aromatic rings. The number of nitrogens with one attached hydrogen (secondary N) is 2. The normalized spacial score (nSPS) is 13.0. The van der Waals surface area contributed by atoms with Crippen LogP contribution >= 0.6 is 23.1 Å². The van der Waals surface area contributed by atoms with Crippen LogP contribution in [0.5, 0.6) is 0 Å². The third-order valence-electron chi connectivity index (χ3n) is 6.89. The molecular formula is C28H34N6O6S2. The van der Waals surface area contributed by atoms with E-state index in [4.69, 9.17) is 4.74 Å². The summed E-state index contributed by atoms with van der Waals surface area (Å²) in [6.45, 7) is 8.08. The van der Waals surface area contributed by atoms with E-state index in [1.54, 1.807) is 20.8 Å². The zero-order valence-corrected chi connectivity index (χ0v) is 25.7. The maximum atomic E-state index is 13.2. The molecule has 12 nitrogen and oxygen atoms in total. The van der Waals surface area contributed by atoms with Crippen molar-refractivity contribution in [3.8, 4) is 0 Å². The number of thioether (sulfide) groups is 1. The predicted molar refractivity (Wildman–Crippen MR) is 160 cm³/mol. The number of hydrogen-bond acceptors (Lipinski definition) is 10. The Kier molecular flexibility index (Phi) is 10.3. The van der Waals surface area contributed by atoms with Gasteiger partial charge in [-0.1, -0.05) is 31.2 Å². The summed E-state index contributed by atoms with van der Waals surface area (Å²) in [5.74, 6) is -0.650. The number of esters is 1. The lowest BCUT2D eigenvalue weighted by molar-refractivity contribution is -0.385. The Bertz CT molecular complexity index is 1500. The van der Waals surface area contributed by atoms with Crippen LogP contribution in [0, 0.1) is 17.0 Å². The molecule has 0 saturated carbocycles. The second kappa shape index (κ2) is 13.9. The van der Waals surface area contributed by atoms with Crippen LogP contribution in [-0.4, -0.2) is 49.3 Å². The number of ether oxygens (including phenoxy) is 1. The van der Waals surface area contributed by atoms with Gasteiger partial charge in [0.15, 0.2) is 11.0 Å². The largest absolute Gasteiger partial charge is 0.462 e. The summed E-state index contributed by atoms with van der Waals surface area (Å²) in [7, 11) is 0. The molecule has 0 spiro atoms. The molecule has 42 heavy (non-hydrogen) atoms. The number of nitro groups is 1. The molecule has 14 heteroatoms. The highest BCUT2D eigenvalue weighted by Crippen LogP contribution is 2.40. The molecule has 0 fully saturated rings. The van der Waals surface area contributed by atoms with Gasteiger partial charge in [-0.3, -0.25) is 19.7 Å². The monoisotopic (exact) mass is 614 g/mol. The van der Waals surface area contributed by atoms with Gasteiger partial charge in [-0.05, 0) is 58.1 Å². The van der Waals surface area contributed by atoms with Crippen molar-refractivity contribution in [1.29, 1.82) is 0 Å². The Labute approximate surface area is 251 Å². The van der Waals surface area contributed by atoms with Gasteiger partial charge in [0.05, 0.1) is 28.9 Å². The fraction of sp³-hybridized carbons (Fsp3) is 0.464. The average Bonchev–Trinajstić information content (AvgIpc) is 3.65. The topological polar surface area (TPSA) is 158 Å². The third-order valence-corrected chi connectivity index (χ3v) is 9.18. The number of nitrogens with zero attached hydrogens (tertiary/aromatic N) is 4. The zero-order chi connectivity index (χ0) is 30.4. The Morgan fingerprint density at radius 3 is 2.74 bits per heavy atom. The molecule has 0 aliphatic heterocycles. The minimum absolute atomic E-state index is 0.0575. The van der Waals surface area contributed by atoms with E-state index in [9.17, 15) is 24.5 Å². The number of anilines is 1. The van der Waals surface area contributed by atoms with E-state index in [1.165, 1.54) is 41.3 Å². The number of fused-ring (bicyclic) bond motifs is 1. The van der Waals surface area contributed by atoms with Gasteiger partial charge in [0.1, 0.15) is 5.00 Å². The van der Waals surface area contributed by atoms with E-state index < -0.39 is 22.0 Å². The summed E-state index contributed by atoms with van der Waals surface area (Å²) in [6, 6.07) is 4.33. The Balaban J connectivity index is 1.46. The molecule has 4 rings (SSSR count). The molecule has 1 aromatic carbocycles. The lowest BCUT2D eigenvalue weighted by Crippen LogP contribution is -2.25. The van der Waals surface area contributed by atoms with Crippen LogP contribution < -0.4 is 10.6 Å². The second-order valence-electron chi connectivity index (χ2n) is 9.88. The van der Waals surface area contributed by atoms with Crippen LogP contribution in [0.2, 0.25) is 0 Å². The van der Waals surface area contributed by atoms with Gasteiger partial charge in [-0.2, -0.15) is 0 Å². The lowest BCUT2D eigenvalue weighted by atomic mass is 10.1. The molecule has 1 aliphatic carbocycles. The van der Waals surface area contributed by atoms with E-state index in [1.807, 2.05) is 4.57 Å². The van der Waals surface area contributed by atoms with Gasteiger partial charge in [0, 0.05) is 28.6 Å². The summed E-state index contributed by atoms with van der Waals surface area (Å²) in [6.07, 6.45) is 4.40. The smallest absolute Gasteiger partial charge is 0.341 e. The third kappa shape index (κ3) is 6.98. The summed E-state index contributed by atoms with van der Waals surface area (Å²) >= 11 is 2.67. The molecule has 0 radical (unpaired) electrons. The number of thiophene rings is 1. The van der Waals surface area contributed by atoms with E-state index in [-0.39, 0.29) is 30.3 Å². The van der Waals surface area contributed by atoms with Gasteiger partial charge in [-0.15, -0.1) is 21.5 Å². The molecule has 0 saturated heterocycles. The Hall–Kier alpha value is -3.78. The number of unbranched alkanes of at least 4 members (excludes halogenated alkanes) is 1. The first-order valence-corrected chi connectivity index (χ1v) is 15.6. The van der Waals surface area contributed by atoms with Gasteiger partial charge in [-0.25, -0.2) is 4.79 Å². The second-order valence-corrected chi connectivity index (χ2v) is 12.3.